The number of hydrogen-bond donors (Lipinski definition) is 0. The van der Waals surface area contributed by atoms with E-state index in [0.717, 1.165) is 0 Å². The Balaban J connectivity index is 1.94. The van der Waals surface area contributed by atoms with Gasteiger partial charge in [0.1, 0.15) is 0 Å². The summed E-state index contributed by atoms with van der Waals surface area (Å²) in [6.45, 7) is 5.30. The zero-order valence-corrected chi connectivity index (χ0v) is 20.7. The van der Waals surface area contributed by atoms with E-state index >= 15 is 0 Å². The second kappa shape index (κ2) is 11.5. The Hall–Kier alpha value is -2.55. The molecule has 0 saturated carbocycles. The zero-order chi connectivity index (χ0) is 24.0. The molecule has 1 aromatic heterocycles. The molecule has 33 heavy (non-hydrogen) atoms. The number of methoxy groups -OCH3 is 2. The van der Waals surface area contributed by atoms with Crippen molar-refractivity contribution in [2.24, 2.45) is 0 Å². The molecule has 0 bridgehead atoms. The number of aromatic nitrogens is 2. The van der Waals surface area contributed by atoms with Gasteiger partial charge in [-0.15, -0.1) is 0 Å². The molecule has 1 heterocycles. The van der Waals surface area contributed by atoms with Crippen molar-refractivity contribution >= 4 is 40.0 Å². The van der Waals surface area contributed by atoms with Crippen LogP contribution in [0.3, 0.4) is 0 Å². The van der Waals surface area contributed by atoms with Crippen LogP contribution in [-0.4, -0.2) is 48.0 Å². The van der Waals surface area contributed by atoms with Crippen LogP contribution in [0.15, 0.2) is 46.3 Å². The van der Waals surface area contributed by atoms with E-state index in [1.54, 1.807) is 55.0 Å². The summed E-state index contributed by atoms with van der Waals surface area (Å²) in [5, 5.41) is 0.949. The third-order valence-corrected chi connectivity index (χ3v) is 6.40. The third-order valence-electron chi connectivity index (χ3n) is 5.08. The largest absolute Gasteiger partial charge is 0.493 e. The molecule has 2 aromatic carbocycles. The van der Waals surface area contributed by atoms with Gasteiger partial charge in [-0.3, -0.25) is 14.2 Å². The van der Waals surface area contributed by atoms with Gasteiger partial charge in [0.2, 0.25) is 0 Å². The highest BCUT2D eigenvalue weighted by Gasteiger charge is 2.22. The molecule has 0 amide bonds. The van der Waals surface area contributed by atoms with E-state index in [4.69, 9.17) is 25.8 Å². The highest BCUT2D eigenvalue weighted by Crippen LogP contribution is 2.31. The van der Waals surface area contributed by atoms with E-state index in [2.05, 4.69) is 4.98 Å². The first kappa shape index (κ1) is 25.1. The van der Waals surface area contributed by atoms with Crippen LogP contribution in [-0.2, 0) is 11.3 Å². The summed E-state index contributed by atoms with van der Waals surface area (Å²) in [5.41, 5.74) is 0.824. The number of Topliss-reactive ketones (excluding diaryl/α,β-unsaturated/α-hetero) is 1. The number of carbonyl (C=O) groups excluding carboxylic acids is 1. The topological polar surface area (TPSA) is 79.7 Å². The molecule has 0 aliphatic carbocycles. The number of thioether (sulfide) groups is 1. The molecule has 1 atom stereocenters. The van der Waals surface area contributed by atoms with Crippen molar-refractivity contribution < 1.29 is 19.0 Å². The van der Waals surface area contributed by atoms with E-state index in [0.29, 0.717) is 64.3 Å². The Bertz CT molecular complexity index is 1200. The summed E-state index contributed by atoms with van der Waals surface area (Å²) in [6, 6.07) is 10.1. The summed E-state index contributed by atoms with van der Waals surface area (Å²) < 4.78 is 17.6. The second-order valence-corrected chi connectivity index (χ2v) is 9.00. The number of nitrogens with zero attached hydrogens (tertiary/aromatic N) is 2. The van der Waals surface area contributed by atoms with Crippen LogP contribution in [0.1, 0.15) is 30.6 Å². The Morgan fingerprint density at radius 3 is 2.61 bits per heavy atom. The summed E-state index contributed by atoms with van der Waals surface area (Å²) in [7, 11) is 3.07. The minimum atomic E-state index is -0.496. The molecule has 9 heteroatoms. The average molecular weight is 491 g/mol. The van der Waals surface area contributed by atoms with E-state index in [1.807, 2.05) is 6.92 Å². The average Bonchev–Trinajstić information content (AvgIpc) is 2.82. The van der Waals surface area contributed by atoms with Crippen molar-refractivity contribution in [3.8, 4) is 11.5 Å². The molecule has 3 rings (SSSR count). The fraction of sp³-hybridized carbons (Fsp3) is 0.375. The number of benzene rings is 2. The summed E-state index contributed by atoms with van der Waals surface area (Å²) in [6.07, 6.45) is 0.653. The van der Waals surface area contributed by atoms with Gasteiger partial charge in [0.25, 0.3) is 5.56 Å². The van der Waals surface area contributed by atoms with Gasteiger partial charge in [0, 0.05) is 30.3 Å². The van der Waals surface area contributed by atoms with Crippen molar-refractivity contribution in [3.05, 3.63) is 57.3 Å². The standard InChI is InChI=1S/C24H27ClN2O5S/c1-5-32-12-6-11-27-23(29)18-9-8-17(25)14-19(18)26-24(27)33-15(2)22(28)16-7-10-20(30-3)21(13-16)31-4/h7-10,13-15H,5-6,11-12H2,1-4H3. The van der Waals surface area contributed by atoms with Crippen molar-refractivity contribution in [2.75, 3.05) is 27.4 Å². The third kappa shape index (κ3) is 5.88. The number of rotatable bonds is 11. The van der Waals surface area contributed by atoms with E-state index < -0.39 is 5.25 Å². The van der Waals surface area contributed by atoms with Crippen molar-refractivity contribution in [1.82, 2.24) is 9.55 Å². The Kier molecular flexibility index (Phi) is 8.77. The van der Waals surface area contributed by atoms with Gasteiger partial charge < -0.3 is 14.2 Å². The molecule has 0 aliphatic rings. The fourth-order valence-electron chi connectivity index (χ4n) is 3.37. The highest BCUT2D eigenvalue weighted by atomic mass is 35.5. The number of ketones is 1. The van der Waals surface area contributed by atoms with Crippen LogP contribution < -0.4 is 15.0 Å². The van der Waals surface area contributed by atoms with Crippen LogP contribution in [0.25, 0.3) is 10.9 Å². The van der Waals surface area contributed by atoms with Gasteiger partial charge >= 0.3 is 0 Å². The quantitative estimate of drug-likeness (QED) is 0.164. The Morgan fingerprint density at radius 1 is 1.15 bits per heavy atom. The predicted octanol–water partition coefficient (Wildman–Crippen LogP) is 4.86. The molecule has 7 nitrogen and oxygen atoms in total. The Morgan fingerprint density at radius 2 is 1.91 bits per heavy atom. The van der Waals surface area contributed by atoms with Gasteiger partial charge in [-0.2, -0.15) is 0 Å². The van der Waals surface area contributed by atoms with Crippen molar-refractivity contribution in [3.63, 3.8) is 0 Å². The maximum Gasteiger partial charge on any atom is 0.262 e. The SMILES string of the molecule is CCOCCCn1c(SC(C)C(=O)c2ccc(OC)c(OC)c2)nc2cc(Cl)ccc2c1=O. The lowest BCUT2D eigenvalue weighted by Crippen LogP contribution is -2.25. The molecule has 0 fully saturated rings. The minimum absolute atomic E-state index is 0.109. The lowest BCUT2D eigenvalue weighted by atomic mass is 10.1. The molecule has 0 radical (unpaired) electrons. The van der Waals surface area contributed by atoms with Crippen molar-refractivity contribution in [2.45, 2.75) is 37.2 Å². The second-order valence-electron chi connectivity index (χ2n) is 7.26. The van der Waals surface area contributed by atoms with Crippen LogP contribution in [0.2, 0.25) is 5.02 Å². The van der Waals surface area contributed by atoms with Gasteiger partial charge in [-0.05, 0) is 56.7 Å². The first-order chi connectivity index (χ1) is 15.9. The van der Waals surface area contributed by atoms with Crippen LogP contribution >= 0.6 is 23.4 Å². The molecule has 0 N–H and O–H groups in total. The number of fused-ring (bicyclic) bond motifs is 1. The maximum absolute atomic E-state index is 13.2. The molecular weight excluding hydrogens is 464 g/mol. The lowest BCUT2D eigenvalue weighted by Gasteiger charge is -2.16. The van der Waals surface area contributed by atoms with Crippen LogP contribution in [0, 0.1) is 0 Å². The zero-order valence-electron chi connectivity index (χ0n) is 19.1. The van der Waals surface area contributed by atoms with Crippen LogP contribution in [0.5, 0.6) is 11.5 Å². The normalized spacial score (nSPS) is 12.0. The maximum atomic E-state index is 13.2. The number of carbonyl (C=O) groups is 1. The van der Waals surface area contributed by atoms with Gasteiger partial charge in [-0.25, -0.2) is 4.98 Å². The molecule has 0 spiro atoms. The monoisotopic (exact) mass is 490 g/mol. The van der Waals surface area contributed by atoms with Crippen molar-refractivity contribution in [1.29, 1.82) is 0 Å². The minimum Gasteiger partial charge on any atom is -0.493 e. The predicted molar refractivity (Wildman–Crippen MR) is 131 cm³/mol. The molecule has 1 unspecified atom stereocenters. The lowest BCUT2D eigenvalue weighted by molar-refractivity contribution is 0.0993. The Labute approximate surface area is 202 Å². The number of hydrogen-bond acceptors (Lipinski definition) is 7. The van der Waals surface area contributed by atoms with Gasteiger partial charge in [0.05, 0.1) is 30.4 Å². The summed E-state index contributed by atoms with van der Waals surface area (Å²) >= 11 is 7.36. The van der Waals surface area contributed by atoms with E-state index in [9.17, 15) is 9.59 Å². The van der Waals surface area contributed by atoms with Crippen LogP contribution in [0.4, 0.5) is 0 Å². The number of halogens is 1. The summed E-state index contributed by atoms with van der Waals surface area (Å²) in [4.78, 5) is 31.0. The van der Waals surface area contributed by atoms with E-state index in [-0.39, 0.29) is 11.3 Å². The summed E-state index contributed by atoms with van der Waals surface area (Å²) in [5.74, 6) is 0.916. The van der Waals surface area contributed by atoms with Gasteiger partial charge in [0.15, 0.2) is 22.4 Å². The number of ether oxygens (including phenoxy) is 3. The van der Waals surface area contributed by atoms with Gasteiger partial charge in [-0.1, -0.05) is 23.4 Å². The molecular formula is C24H27ClN2O5S. The highest BCUT2D eigenvalue weighted by molar-refractivity contribution is 8.00. The smallest absolute Gasteiger partial charge is 0.262 e. The first-order valence-electron chi connectivity index (χ1n) is 10.6. The molecule has 0 aliphatic heterocycles. The first-order valence-corrected chi connectivity index (χ1v) is 11.9. The molecule has 176 valence electrons. The molecule has 0 saturated heterocycles. The van der Waals surface area contributed by atoms with E-state index in [1.165, 1.54) is 18.9 Å². The fourth-order valence-corrected chi connectivity index (χ4v) is 4.54. The molecule has 3 aromatic rings.